The maximum absolute atomic E-state index is 13.5. The van der Waals surface area contributed by atoms with E-state index in [1.807, 2.05) is 30.3 Å². The molecule has 1 saturated carbocycles. The molecule has 0 amide bonds. The lowest BCUT2D eigenvalue weighted by Crippen LogP contribution is -2.67. The van der Waals surface area contributed by atoms with Crippen molar-refractivity contribution in [2.75, 3.05) is 0 Å². The van der Waals surface area contributed by atoms with Crippen molar-refractivity contribution in [3.63, 3.8) is 0 Å². The van der Waals surface area contributed by atoms with Crippen LogP contribution in [-0.4, -0.2) is 13.9 Å². The number of benzene rings is 1. The van der Waals surface area contributed by atoms with Crippen LogP contribution in [0.2, 0.25) is 0 Å². The molecule has 4 atom stereocenters. The molecule has 5 nitrogen and oxygen atoms in total. The standard InChI is InChI=1S/C22H23N3O2/c1-14-15(2)18-22-11-7-6-10-21(22,12-13-22)17(14)24-19(26)23(20(27)25(18)24)16-8-4-3-5-9-16/h3-5,8-9,12-13,17-18H,6-7,10-11H2,1-2H3/t17-,18-,21+,22+/m1/s1. The summed E-state index contributed by atoms with van der Waals surface area (Å²) in [6.45, 7) is 4.32. The molecule has 1 aromatic carbocycles. The minimum atomic E-state index is -0.207. The van der Waals surface area contributed by atoms with Gasteiger partial charge in [0.15, 0.2) is 0 Å². The quantitative estimate of drug-likeness (QED) is 0.731. The van der Waals surface area contributed by atoms with Gasteiger partial charge in [0.2, 0.25) is 0 Å². The van der Waals surface area contributed by atoms with Gasteiger partial charge in [0, 0.05) is 10.8 Å². The van der Waals surface area contributed by atoms with E-state index >= 15 is 0 Å². The molecule has 5 aliphatic rings. The third-order valence-corrected chi connectivity index (χ3v) is 7.90. The molecule has 138 valence electrons. The fourth-order valence-electron chi connectivity index (χ4n) is 6.69. The van der Waals surface area contributed by atoms with Gasteiger partial charge in [0.25, 0.3) is 0 Å². The summed E-state index contributed by atoms with van der Waals surface area (Å²) in [7, 11) is 0. The van der Waals surface area contributed by atoms with Crippen LogP contribution in [0, 0.1) is 10.8 Å². The van der Waals surface area contributed by atoms with Gasteiger partial charge in [-0.1, -0.05) is 43.2 Å². The predicted octanol–water partition coefficient (Wildman–Crippen LogP) is 3.36. The maximum atomic E-state index is 13.5. The van der Waals surface area contributed by atoms with Crippen LogP contribution in [0.3, 0.4) is 0 Å². The van der Waals surface area contributed by atoms with Crippen LogP contribution in [-0.2, 0) is 0 Å². The lowest BCUT2D eigenvalue weighted by molar-refractivity contribution is -0.0915. The minimum absolute atomic E-state index is 0.00134. The fraction of sp³-hybridized carbons (Fsp3) is 0.455. The molecular formula is C22H23N3O2. The number of hydrogen-bond acceptors (Lipinski definition) is 2. The highest BCUT2D eigenvalue weighted by Gasteiger charge is 2.70. The Morgan fingerprint density at radius 1 is 0.815 bits per heavy atom. The normalized spacial score (nSPS) is 35.5. The molecule has 3 aliphatic carbocycles. The predicted molar refractivity (Wildman–Crippen MR) is 103 cm³/mol. The van der Waals surface area contributed by atoms with E-state index in [1.54, 1.807) is 9.36 Å². The topological polar surface area (TPSA) is 48.9 Å². The highest BCUT2D eigenvalue weighted by Crippen LogP contribution is 2.75. The number of para-hydroxylation sites is 1. The van der Waals surface area contributed by atoms with Gasteiger partial charge in [-0.2, -0.15) is 0 Å². The maximum Gasteiger partial charge on any atom is 0.352 e. The Hall–Kier alpha value is -2.56. The molecule has 3 heterocycles. The van der Waals surface area contributed by atoms with E-state index < -0.39 is 0 Å². The fourth-order valence-corrected chi connectivity index (χ4v) is 6.69. The van der Waals surface area contributed by atoms with Crippen molar-refractivity contribution < 1.29 is 0 Å². The van der Waals surface area contributed by atoms with Gasteiger partial charge in [-0.25, -0.2) is 23.5 Å². The molecule has 0 unspecified atom stereocenters. The summed E-state index contributed by atoms with van der Waals surface area (Å²) in [6, 6.07) is 9.22. The van der Waals surface area contributed by atoms with Crippen molar-refractivity contribution in [2.45, 2.75) is 51.6 Å². The van der Waals surface area contributed by atoms with Crippen molar-refractivity contribution in [3.05, 3.63) is 74.6 Å². The zero-order chi connectivity index (χ0) is 18.6. The zero-order valence-corrected chi connectivity index (χ0v) is 15.7. The van der Waals surface area contributed by atoms with Gasteiger partial charge in [-0.3, -0.25) is 0 Å². The number of allylic oxidation sites excluding steroid dienone is 4. The van der Waals surface area contributed by atoms with Gasteiger partial charge < -0.3 is 0 Å². The van der Waals surface area contributed by atoms with E-state index in [9.17, 15) is 9.59 Å². The summed E-state index contributed by atoms with van der Waals surface area (Å²) in [5, 5.41) is 0. The summed E-state index contributed by atoms with van der Waals surface area (Å²) >= 11 is 0. The smallest absolute Gasteiger partial charge is 0.245 e. The highest BCUT2D eigenvalue weighted by molar-refractivity contribution is 5.47. The first-order valence-corrected chi connectivity index (χ1v) is 9.93. The van der Waals surface area contributed by atoms with Crippen molar-refractivity contribution in [1.29, 1.82) is 0 Å². The van der Waals surface area contributed by atoms with Crippen molar-refractivity contribution in [3.8, 4) is 5.69 Å². The van der Waals surface area contributed by atoms with Crippen LogP contribution >= 0.6 is 0 Å². The molecule has 0 saturated heterocycles. The Balaban J connectivity index is 1.72. The third kappa shape index (κ3) is 1.44. The monoisotopic (exact) mass is 361 g/mol. The van der Waals surface area contributed by atoms with E-state index in [1.165, 1.54) is 28.6 Å². The third-order valence-electron chi connectivity index (χ3n) is 7.90. The molecule has 2 bridgehead atoms. The first-order valence-electron chi connectivity index (χ1n) is 9.93. The molecule has 0 spiro atoms. The van der Waals surface area contributed by atoms with Crippen LogP contribution < -0.4 is 11.4 Å². The Kier molecular flexibility index (Phi) is 2.66. The van der Waals surface area contributed by atoms with E-state index in [0.29, 0.717) is 5.69 Å². The Labute approximate surface area is 157 Å². The molecule has 1 aromatic heterocycles. The lowest BCUT2D eigenvalue weighted by atomic mass is 9.39. The van der Waals surface area contributed by atoms with E-state index in [-0.39, 0.29) is 34.3 Å². The first kappa shape index (κ1) is 15.5. The van der Waals surface area contributed by atoms with Crippen molar-refractivity contribution in [2.24, 2.45) is 10.8 Å². The van der Waals surface area contributed by atoms with Crippen LogP contribution in [0.1, 0.15) is 51.6 Å². The van der Waals surface area contributed by atoms with Crippen molar-refractivity contribution >= 4 is 0 Å². The van der Waals surface area contributed by atoms with Gasteiger partial charge in [0.1, 0.15) is 0 Å². The molecule has 0 N–H and O–H groups in total. The van der Waals surface area contributed by atoms with Gasteiger partial charge in [-0.15, -0.1) is 0 Å². The van der Waals surface area contributed by atoms with Gasteiger partial charge in [0.05, 0.1) is 17.8 Å². The molecular weight excluding hydrogens is 338 g/mol. The second-order valence-corrected chi connectivity index (χ2v) is 8.72. The average molecular weight is 361 g/mol. The van der Waals surface area contributed by atoms with Gasteiger partial charge >= 0.3 is 11.4 Å². The highest BCUT2D eigenvalue weighted by atomic mass is 16.2. The largest absolute Gasteiger partial charge is 0.352 e. The number of hydrogen-bond donors (Lipinski definition) is 0. The number of rotatable bonds is 1. The molecule has 1 fully saturated rings. The molecule has 7 rings (SSSR count). The number of nitrogens with zero attached hydrogens (tertiary/aromatic N) is 3. The Morgan fingerprint density at radius 2 is 1.30 bits per heavy atom. The number of aromatic nitrogens is 3. The van der Waals surface area contributed by atoms with E-state index in [4.69, 9.17) is 0 Å². The Morgan fingerprint density at radius 3 is 1.74 bits per heavy atom. The average Bonchev–Trinajstić information content (AvgIpc) is 2.91. The summed E-state index contributed by atoms with van der Waals surface area (Å²) < 4.78 is 4.93. The molecule has 2 aromatic rings. The zero-order valence-electron chi connectivity index (χ0n) is 15.7. The van der Waals surface area contributed by atoms with Crippen molar-refractivity contribution in [1.82, 2.24) is 13.9 Å². The van der Waals surface area contributed by atoms with Crippen LogP contribution in [0.15, 0.2) is 63.2 Å². The second kappa shape index (κ2) is 4.64. The van der Waals surface area contributed by atoms with Crippen LogP contribution in [0.5, 0.6) is 0 Å². The summed E-state index contributed by atoms with van der Waals surface area (Å²) in [4.78, 5) is 27.0. The molecule has 2 aliphatic heterocycles. The van der Waals surface area contributed by atoms with Crippen LogP contribution in [0.4, 0.5) is 0 Å². The summed E-state index contributed by atoms with van der Waals surface area (Å²) in [6.07, 6.45) is 9.29. The molecule has 5 heteroatoms. The van der Waals surface area contributed by atoms with Gasteiger partial charge in [-0.05, 0) is 50.0 Å². The molecule has 27 heavy (non-hydrogen) atoms. The SMILES string of the molecule is CC1=C(C)[C@H]2n3c(=O)n(-c4ccccc4)c(=O)n3[C@H]1[C@]13C=C[C@@]21CCCC3. The second-order valence-electron chi connectivity index (χ2n) is 8.72. The Bertz CT molecular complexity index is 1090. The van der Waals surface area contributed by atoms with E-state index in [2.05, 4.69) is 26.0 Å². The lowest BCUT2D eigenvalue weighted by Gasteiger charge is -2.69. The van der Waals surface area contributed by atoms with Crippen LogP contribution in [0.25, 0.3) is 5.69 Å². The van der Waals surface area contributed by atoms with E-state index in [0.717, 1.165) is 12.8 Å². The minimum Gasteiger partial charge on any atom is -0.245 e. The molecule has 0 radical (unpaired) electrons. The first-order chi connectivity index (χ1) is 13.0. The summed E-state index contributed by atoms with van der Waals surface area (Å²) in [5.74, 6) is 0. The summed E-state index contributed by atoms with van der Waals surface area (Å²) in [5.41, 5.74) is 2.78.